The SMILES string of the molecule is C=CC(OCc1ccc2c(c1)OCO2)C(=O)OC. The molecule has 96 valence electrons. The van der Waals surface area contributed by atoms with Crippen molar-refractivity contribution in [1.29, 1.82) is 0 Å². The molecule has 0 bridgehead atoms. The molecule has 1 aromatic carbocycles. The van der Waals surface area contributed by atoms with Crippen molar-refractivity contribution in [3.05, 3.63) is 36.4 Å². The van der Waals surface area contributed by atoms with E-state index in [0.717, 1.165) is 5.56 Å². The summed E-state index contributed by atoms with van der Waals surface area (Å²) in [6.45, 7) is 4.03. The Balaban J connectivity index is 1.97. The quantitative estimate of drug-likeness (QED) is 0.587. The van der Waals surface area contributed by atoms with Crippen LogP contribution in [-0.4, -0.2) is 26.0 Å². The van der Waals surface area contributed by atoms with Crippen molar-refractivity contribution in [2.45, 2.75) is 12.7 Å². The van der Waals surface area contributed by atoms with Crippen LogP contribution in [0, 0.1) is 0 Å². The zero-order valence-electron chi connectivity index (χ0n) is 10.0. The molecule has 0 saturated heterocycles. The molecule has 0 fully saturated rings. The number of carbonyl (C=O) groups excluding carboxylic acids is 1. The zero-order valence-corrected chi connectivity index (χ0v) is 10.0. The Morgan fingerprint density at radius 1 is 1.50 bits per heavy atom. The summed E-state index contributed by atoms with van der Waals surface area (Å²) in [5.74, 6) is 0.932. The first-order valence-corrected chi connectivity index (χ1v) is 5.45. The van der Waals surface area contributed by atoms with Gasteiger partial charge in [-0.1, -0.05) is 18.7 Å². The molecule has 1 unspecified atom stereocenters. The summed E-state index contributed by atoms with van der Waals surface area (Å²) in [5.41, 5.74) is 0.884. The van der Waals surface area contributed by atoms with E-state index >= 15 is 0 Å². The minimum Gasteiger partial charge on any atom is -0.467 e. The van der Waals surface area contributed by atoms with E-state index in [1.165, 1.54) is 13.2 Å². The van der Waals surface area contributed by atoms with Crippen molar-refractivity contribution < 1.29 is 23.7 Å². The van der Waals surface area contributed by atoms with E-state index in [-0.39, 0.29) is 13.4 Å². The summed E-state index contributed by atoms with van der Waals surface area (Å²) in [7, 11) is 1.31. The molecule has 0 amide bonds. The number of benzene rings is 1. The molecule has 0 spiro atoms. The minimum absolute atomic E-state index is 0.233. The highest BCUT2D eigenvalue weighted by atomic mass is 16.7. The van der Waals surface area contributed by atoms with Crippen LogP contribution in [-0.2, 0) is 20.9 Å². The summed E-state index contributed by atoms with van der Waals surface area (Å²) < 4.78 is 20.4. The van der Waals surface area contributed by atoms with Gasteiger partial charge in [-0.3, -0.25) is 0 Å². The van der Waals surface area contributed by atoms with E-state index in [9.17, 15) is 4.79 Å². The maximum Gasteiger partial charge on any atom is 0.339 e. The number of fused-ring (bicyclic) bond motifs is 1. The van der Waals surface area contributed by atoms with Crippen LogP contribution in [0.3, 0.4) is 0 Å². The van der Waals surface area contributed by atoms with Crippen molar-refractivity contribution in [2.75, 3.05) is 13.9 Å². The molecule has 1 atom stereocenters. The van der Waals surface area contributed by atoms with Gasteiger partial charge in [-0.25, -0.2) is 4.79 Å². The van der Waals surface area contributed by atoms with E-state index in [2.05, 4.69) is 11.3 Å². The van der Waals surface area contributed by atoms with E-state index in [1.54, 1.807) is 0 Å². The molecule has 1 aromatic rings. The highest BCUT2D eigenvalue weighted by Crippen LogP contribution is 2.32. The molecule has 5 nitrogen and oxygen atoms in total. The van der Waals surface area contributed by atoms with Crippen molar-refractivity contribution in [1.82, 2.24) is 0 Å². The topological polar surface area (TPSA) is 54.0 Å². The van der Waals surface area contributed by atoms with Crippen molar-refractivity contribution >= 4 is 5.97 Å². The summed E-state index contributed by atoms with van der Waals surface area (Å²) in [6, 6.07) is 5.48. The second kappa shape index (κ2) is 5.55. The zero-order chi connectivity index (χ0) is 13.0. The van der Waals surface area contributed by atoms with Crippen LogP contribution >= 0.6 is 0 Å². The van der Waals surface area contributed by atoms with Gasteiger partial charge in [-0.2, -0.15) is 0 Å². The van der Waals surface area contributed by atoms with Gasteiger partial charge in [0.1, 0.15) is 0 Å². The Morgan fingerprint density at radius 3 is 3.00 bits per heavy atom. The number of esters is 1. The predicted octanol–water partition coefficient (Wildman–Crippen LogP) is 1.66. The average molecular weight is 250 g/mol. The molecule has 0 N–H and O–H groups in total. The van der Waals surface area contributed by atoms with Crippen molar-refractivity contribution in [2.24, 2.45) is 0 Å². The molecular formula is C13H14O5. The first-order chi connectivity index (χ1) is 8.74. The molecule has 0 aliphatic carbocycles. The Labute approximate surface area is 105 Å². The molecule has 2 rings (SSSR count). The Hall–Kier alpha value is -2.01. The number of rotatable bonds is 5. The van der Waals surface area contributed by atoms with E-state index in [0.29, 0.717) is 11.5 Å². The lowest BCUT2D eigenvalue weighted by atomic mass is 10.2. The number of hydrogen-bond donors (Lipinski definition) is 0. The number of carbonyl (C=O) groups is 1. The molecule has 18 heavy (non-hydrogen) atoms. The van der Waals surface area contributed by atoms with Gasteiger partial charge in [0.25, 0.3) is 0 Å². The second-order valence-corrected chi connectivity index (χ2v) is 3.68. The van der Waals surface area contributed by atoms with Gasteiger partial charge in [0, 0.05) is 0 Å². The summed E-state index contributed by atoms with van der Waals surface area (Å²) in [6.07, 6.45) is 0.638. The Bertz CT molecular complexity index is 455. The van der Waals surface area contributed by atoms with E-state index in [4.69, 9.17) is 14.2 Å². The number of ether oxygens (including phenoxy) is 4. The predicted molar refractivity (Wildman–Crippen MR) is 63.4 cm³/mol. The standard InChI is InChI=1S/C13H14O5/c1-3-10(13(14)15-2)16-7-9-4-5-11-12(6-9)18-8-17-11/h3-6,10H,1,7-8H2,2H3. The smallest absolute Gasteiger partial charge is 0.339 e. The fraction of sp³-hybridized carbons (Fsp3) is 0.308. The van der Waals surface area contributed by atoms with Gasteiger partial charge >= 0.3 is 5.97 Å². The summed E-state index contributed by atoms with van der Waals surface area (Å²) >= 11 is 0. The first-order valence-electron chi connectivity index (χ1n) is 5.45. The maximum atomic E-state index is 11.3. The fourth-order valence-corrected chi connectivity index (χ4v) is 1.57. The van der Waals surface area contributed by atoms with Crippen LogP contribution < -0.4 is 9.47 Å². The molecule has 0 aromatic heterocycles. The highest BCUT2D eigenvalue weighted by molar-refractivity contribution is 5.76. The third-order valence-corrected chi connectivity index (χ3v) is 2.51. The van der Waals surface area contributed by atoms with Crippen LogP contribution in [0.15, 0.2) is 30.9 Å². The van der Waals surface area contributed by atoms with Crippen molar-refractivity contribution in [3.63, 3.8) is 0 Å². The van der Waals surface area contributed by atoms with Gasteiger partial charge in [-0.05, 0) is 17.7 Å². The maximum absolute atomic E-state index is 11.3. The molecule has 0 saturated carbocycles. The summed E-state index contributed by atoms with van der Waals surface area (Å²) in [5, 5.41) is 0. The lowest BCUT2D eigenvalue weighted by Crippen LogP contribution is -2.22. The number of methoxy groups -OCH3 is 1. The largest absolute Gasteiger partial charge is 0.467 e. The van der Waals surface area contributed by atoms with Gasteiger partial charge < -0.3 is 18.9 Å². The van der Waals surface area contributed by atoms with Gasteiger partial charge in [-0.15, -0.1) is 0 Å². The normalized spacial score (nSPS) is 14.1. The van der Waals surface area contributed by atoms with E-state index in [1.807, 2.05) is 18.2 Å². The third kappa shape index (κ3) is 2.62. The Kier molecular flexibility index (Phi) is 3.84. The molecule has 5 heteroatoms. The van der Waals surface area contributed by atoms with Crippen LogP contribution in [0.4, 0.5) is 0 Å². The lowest BCUT2D eigenvalue weighted by Gasteiger charge is -2.11. The van der Waals surface area contributed by atoms with Gasteiger partial charge in [0.15, 0.2) is 17.6 Å². The van der Waals surface area contributed by atoms with E-state index < -0.39 is 12.1 Å². The van der Waals surface area contributed by atoms with Crippen molar-refractivity contribution in [3.8, 4) is 11.5 Å². The van der Waals surface area contributed by atoms with Gasteiger partial charge in [0.05, 0.1) is 13.7 Å². The Morgan fingerprint density at radius 2 is 2.28 bits per heavy atom. The first kappa shape index (κ1) is 12.4. The van der Waals surface area contributed by atoms with Gasteiger partial charge in [0.2, 0.25) is 6.79 Å². The molecule has 0 radical (unpaired) electrons. The van der Waals surface area contributed by atoms with Crippen LogP contribution in [0.2, 0.25) is 0 Å². The minimum atomic E-state index is -0.763. The highest BCUT2D eigenvalue weighted by Gasteiger charge is 2.17. The molecular weight excluding hydrogens is 236 g/mol. The monoisotopic (exact) mass is 250 g/mol. The summed E-state index contributed by atoms with van der Waals surface area (Å²) in [4.78, 5) is 11.3. The van der Waals surface area contributed by atoms with Crippen LogP contribution in [0.25, 0.3) is 0 Å². The average Bonchev–Trinajstić information content (AvgIpc) is 2.86. The molecule has 1 heterocycles. The number of hydrogen-bond acceptors (Lipinski definition) is 5. The van der Waals surface area contributed by atoms with Crippen LogP contribution in [0.5, 0.6) is 11.5 Å². The third-order valence-electron chi connectivity index (χ3n) is 2.51. The molecule has 1 aliphatic heterocycles. The van der Waals surface area contributed by atoms with Crippen LogP contribution in [0.1, 0.15) is 5.56 Å². The lowest BCUT2D eigenvalue weighted by molar-refractivity contribution is -0.151. The fourth-order valence-electron chi connectivity index (χ4n) is 1.57. The molecule has 1 aliphatic rings. The second-order valence-electron chi connectivity index (χ2n) is 3.68.